The van der Waals surface area contributed by atoms with Crippen LogP contribution in [0.1, 0.15) is 0 Å². The summed E-state index contributed by atoms with van der Waals surface area (Å²) in [5.41, 5.74) is -22.1. The third kappa shape index (κ3) is 4.63. The molecule has 0 radical (unpaired) electrons. The van der Waals surface area contributed by atoms with Gasteiger partial charge < -0.3 is 0 Å². The van der Waals surface area contributed by atoms with Gasteiger partial charge in [0.1, 0.15) is 5.56 Å². The number of nitro groups is 8. The van der Waals surface area contributed by atoms with Crippen molar-refractivity contribution >= 4 is 45.5 Å². The summed E-state index contributed by atoms with van der Waals surface area (Å²) in [6, 6.07) is 5.27. The smallest absolute Gasteiger partial charge is 0.258 e. The van der Waals surface area contributed by atoms with Crippen LogP contribution in [0, 0.1) is 80.9 Å². The van der Waals surface area contributed by atoms with Gasteiger partial charge in [0.2, 0.25) is 0 Å². The van der Waals surface area contributed by atoms with E-state index in [1.54, 1.807) is 0 Å². The van der Waals surface area contributed by atoms with Gasteiger partial charge in [0, 0.05) is 6.07 Å². The molecule has 0 aliphatic heterocycles. The summed E-state index contributed by atoms with van der Waals surface area (Å²) in [4.78, 5) is 81.4. The van der Waals surface area contributed by atoms with Crippen LogP contribution in [0.25, 0.3) is 22.3 Å². The van der Waals surface area contributed by atoms with Crippen LogP contribution in [0.4, 0.5) is 45.5 Å². The lowest BCUT2D eigenvalue weighted by molar-refractivity contribution is -0.459. The SMILES string of the molecule is O=[N+]([O-])c1cc(-c2c([N+](=O)[O-])c([N+](=O)[O-])c([N+](=O)[O-])c([N+](=O)[O-])c2[N+](=O)[O-])c([N+](=O)[O-])c(-c2ccccc2)c1[N+](=O)[O-]. The Hall–Kier alpha value is -7.14. The zero-order valence-corrected chi connectivity index (χ0v) is 19.6. The second-order valence-electron chi connectivity index (χ2n) is 7.56. The van der Waals surface area contributed by atoms with Crippen LogP contribution < -0.4 is 0 Å². The van der Waals surface area contributed by atoms with Crippen molar-refractivity contribution < 1.29 is 39.4 Å². The maximum Gasteiger partial charge on any atom is 0.437 e. The highest BCUT2D eigenvalue weighted by atomic mass is 16.7. The lowest BCUT2D eigenvalue weighted by Crippen LogP contribution is -2.11. The minimum absolute atomic E-state index is 0.155. The highest BCUT2D eigenvalue weighted by Crippen LogP contribution is 2.59. The summed E-state index contributed by atoms with van der Waals surface area (Å²) in [5, 5.41) is 95.4. The van der Waals surface area contributed by atoms with E-state index >= 15 is 0 Å². The molecule has 0 N–H and O–H groups in total. The van der Waals surface area contributed by atoms with Gasteiger partial charge in [-0.25, -0.2) is 0 Å². The maximum absolute atomic E-state index is 12.3. The fraction of sp³-hybridized carbons (Fsp3) is 0. The van der Waals surface area contributed by atoms with Crippen molar-refractivity contribution in [3.8, 4) is 22.3 Å². The molecule has 0 amide bonds. The Balaban J connectivity index is 2.96. The quantitative estimate of drug-likeness (QED) is 0.234. The molecule has 3 aromatic rings. The predicted molar refractivity (Wildman–Crippen MR) is 131 cm³/mol. The van der Waals surface area contributed by atoms with E-state index in [4.69, 9.17) is 0 Å². The van der Waals surface area contributed by atoms with Crippen LogP contribution >= 0.6 is 0 Å². The molecular formula is C18H6N8O16. The fourth-order valence-electron chi connectivity index (χ4n) is 4.05. The first-order valence-corrected chi connectivity index (χ1v) is 10.2. The van der Waals surface area contributed by atoms with Gasteiger partial charge in [-0.1, -0.05) is 30.3 Å². The molecule has 0 heterocycles. The molecule has 3 aromatic carbocycles. The molecule has 0 atom stereocenters. The van der Waals surface area contributed by atoms with Gasteiger partial charge in [0.25, 0.3) is 5.69 Å². The van der Waals surface area contributed by atoms with Crippen molar-refractivity contribution in [1.29, 1.82) is 0 Å². The Morgan fingerprint density at radius 2 is 0.738 bits per heavy atom. The molecule has 214 valence electrons. The molecule has 0 bridgehead atoms. The van der Waals surface area contributed by atoms with Gasteiger partial charge in [0.05, 0.1) is 44.9 Å². The Bertz CT molecular complexity index is 1750. The monoisotopic (exact) mass is 590 g/mol. The second-order valence-corrected chi connectivity index (χ2v) is 7.56. The van der Waals surface area contributed by atoms with Gasteiger partial charge in [0.15, 0.2) is 5.56 Å². The van der Waals surface area contributed by atoms with Gasteiger partial charge in [-0.15, -0.1) is 0 Å². The number of rotatable bonds is 10. The fourth-order valence-corrected chi connectivity index (χ4v) is 4.05. The molecule has 24 heteroatoms. The molecule has 0 fully saturated rings. The maximum atomic E-state index is 12.3. The molecule has 0 aromatic heterocycles. The third-order valence-electron chi connectivity index (χ3n) is 5.43. The van der Waals surface area contributed by atoms with E-state index in [1.807, 2.05) is 0 Å². The van der Waals surface area contributed by atoms with Gasteiger partial charge in [-0.05, 0) is 5.56 Å². The molecular weight excluding hydrogens is 584 g/mol. The topological polar surface area (TPSA) is 345 Å². The molecule has 0 unspecified atom stereocenters. The van der Waals surface area contributed by atoms with Crippen LogP contribution in [0.3, 0.4) is 0 Å². The summed E-state index contributed by atoms with van der Waals surface area (Å²) in [6.45, 7) is 0. The van der Waals surface area contributed by atoms with Crippen molar-refractivity contribution in [3.05, 3.63) is 117 Å². The minimum Gasteiger partial charge on any atom is -0.258 e. The van der Waals surface area contributed by atoms with Crippen LogP contribution in [-0.4, -0.2) is 39.4 Å². The Labute approximate surface area is 225 Å². The van der Waals surface area contributed by atoms with Crippen molar-refractivity contribution in [2.45, 2.75) is 0 Å². The van der Waals surface area contributed by atoms with Crippen molar-refractivity contribution in [3.63, 3.8) is 0 Å². The number of hydrogen-bond acceptors (Lipinski definition) is 16. The van der Waals surface area contributed by atoms with Gasteiger partial charge >= 0.3 is 39.8 Å². The van der Waals surface area contributed by atoms with Crippen LogP contribution in [-0.2, 0) is 0 Å². The number of nitrogens with zero attached hydrogens (tertiary/aromatic N) is 8. The largest absolute Gasteiger partial charge is 0.437 e. The van der Waals surface area contributed by atoms with E-state index < -0.39 is 107 Å². The summed E-state index contributed by atoms with van der Waals surface area (Å²) in [5.74, 6) is 0. The van der Waals surface area contributed by atoms with Crippen LogP contribution in [0.2, 0.25) is 0 Å². The Morgan fingerprint density at radius 3 is 1.07 bits per heavy atom. The van der Waals surface area contributed by atoms with Crippen molar-refractivity contribution in [2.24, 2.45) is 0 Å². The third-order valence-corrected chi connectivity index (χ3v) is 5.43. The molecule has 42 heavy (non-hydrogen) atoms. The summed E-state index contributed by atoms with van der Waals surface area (Å²) in [6.07, 6.45) is 0. The first-order valence-electron chi connectivity index (χ1n) is 10.2. The van der Waals surface area contributed by atoms with E-state index in [2.05, 4.69) is 0 Å². The molecule has 3 rings (SSSR count). The normalized spacial score (nSPS) is 10.5. The zero-order valence-electron chi connectivity index (χ0n) is 19.6. The summed E-state index contributed by atoms with van der Waals surface area (Å²) < 4.78 is 0. The van der Waals surface area contributed by atoms with Gasteiger partial charge in [-0.2, -0.15) is 0 Å². The van der Waals surface area contributed by atoms with E-state index in [1.165, 1.54) is 6.07 Å². The van der Waals surface area contributed by atoms with Crippen LogP contribution in [0.5, 0.6) is 0 Å². The van der Waals surface area contributed by atoms with Crippen molar-refractivity contribution in [2.75, 3.05) is 0 Å². The first-order chi connectivity index (χ1) is 19.5. The average Bonchev–Trinajstić information content (AvgIpc) is 2.89. The number of benzene rings is 3. The lowest BCUT2D eigenvalue weighted by atomic mass is 9.90. The van der Waals surface area contributed by atoms with E-state index in [-0.39, 0.29) is 6.07 Å². The number of nitro benzene ring substituents is 8. The van der Waals surface area contributed by atoms with E-state index in [9.17, 15) is 80.9 Å². The van der Waals surface area contributed by atoms with Gasteiger partial charge in [-0.3, -0.25) is 80.9 Å². The molecule has 24 nitrogen and oxygen atoms in total. The second kappa shape index (κ2) is 10.6. The zero-order chi connectivity index (χ0) is 31.8. The molecule has 0 aliphatic rings. The minimum atomic E-state index is -2.35. The first kappa shape index (κ1) is 29.4. The van der Waals surface area contributed by atoms with Crippen LogP contribution in [0.15, 0.2) is 36.4 Å². The Kier molecular flexibility index (Phi) is 7.39. The van der Waals surface area contributed by atoms with E-state index in [0.717, 1.165) is 24.3 Å². The molecule has 0 aliphatic carbocycles. The molecule has 0 saturated carbocycles. The predicted octanol–water partition coefficient (Wildman–Crippen LogP) is 4.29. The highest BCUT2D eigenvalue weighted by molar-refractivity contribution is 6.04. The highest BCUT2D eigenvalue weighted by Gasteiger charge is 2.56. The average molecular weight is 590 g/mol. The Morgan fingerprint density at radius 1 is 0.381 bits per heavy atom. The standard InChI is InChI=1S/C18H6N8O16/c27-19(28)9-6-8(12(20(29)30)10(13(9)21(31)32)7-4-2-1-3-5-7)11-14(22(33)34)16(24(37)38)18(26(41)42)17(25(39)40)15(11)23(35)36/h1-6H. The number of hydrogen-bond donors (Lipinski definition) is 0. The summed E-state index contributed by atoms with van der Waals surface area (Å²) in [7, 11) is 0. The lowest BCUT2D eigenvalue weighted by Gasteiger charge is -2.11. The van der Waals surface area contributed by atoms with Crippen molar-refractivity contribution in [1.82, 2.24) is 0 Å². The van der Waals surface area contributed by atoms with E-state index in [0.29, 0.717) is 0 Å². The molecule has 0 spiro atoms. The molecule has 0 saturated heterocycles. The summed E-state index contributed by atoms with van der Waals surface area (Å²) >= 11 is 0.